The zero-order chi connectivity index (χ0) is 17.8. The van der Waals surface area contributed by atoms with Crippen molar-refractivity contribution in [2.75, 3.05) is 39.5 Å². The van der Waals surface area contributed by atoms with Crippen molar-refractivity contribution >= 4 is 16.8 Å². The van der Waals surface area contributed by atoms with Crippen molar-refractivity contribution in [1.82, 2.24) is 15.1 Å². The lowest BCUT2D eigenvalue weighted by atomic mass is 9.95. The molecule has 1 aromatic carbocycles. The van der Waals surface area contributed by atoms with Crippen LogP contribution in [0.15, 0.2) is 24.4 Å². The molecule has 1 aromatic heterocycles. The van der Waals surface area contributed by atoms with Crippen LogP contribution in [-0.4, -0.2) is 60.5 Å². The molecular formula is C20H27N3O3. The number of amides is 1. The van der Waals surface area contributed by atoms with Crippen LogP contribution < -0.4 is 0 Å². The normalized spacial score (nSPS) is 22.5. The Morgan fingerprint density at radius 2 is 2.08 bits per heavy atom. The number of hydrogen-bond donors (Lipinski definition) is 1. The number of nitrogens with zero attached hydrogens (tertiary/aromatic N) is 2. The van der Waals surface area contributed by atoms with Crippen molar-refractivity contribution in [3.05, 3.63) is 30.0 Å². The summed E-state index contributed by atoms with van der Waals surface area (Å²) in [7, 11) is 0. The number of carbonyl (C=O) groups is 1. The number of hydrogen-bond acceptors (Lipinski definition) is 4. The molecule has 6 nitrogen and oxygen atoms in total. The smallest absolute Gasteiger partial charge is 0.222 e. The molecule has 26 heavy (non-hydrogen) atoms. The van der Waals surface area contributed by atoms with Gasteiger partial charge in [0.2, 0.25) is 5.91 Å². The van der Waals surface area contributed by atoms with Gasteiger partial charge in [-0.1, -0.05) is 6.07 Å². The quantitative estimate of drug-likeness (QED) is 0.912. The Labute approximate surface area is 153 Å². The summed E-state index contributed by atoms with van der Waals surface area (Å²) >= 11 is 0. The molecule has 0 bridgehead atoms. The molecule has 0 unspecified atom stereocenters. The van der Waals surface area contributed by atoms with Crippen molar-refractivity contribution in [3.63, 3.8) is 0 Å². The Bertz CT molecular complexity index is 739. The lowest BCUT2D eigenvalue weighted by Gasteiger charge is -2.27. The molecule has 2 aromatic rings. The zero-order valence-corrected chi connectivity index (χ0v) is 15.2. The molecule has 2 saturated heterocycles. The summed E-state index contributed by atoms with van der Waals surface area (Å²) in [4.78, 5) is 14.8. The molecule has 6 heteroatoms. The van der Waals surface area contributed by atoms with Gasteiger partial charge in [0.15, 0.2) is 0 Å². The molecule has 3 heterocycles. The number of ether oxygens (including phenoxy) is 2. The minimum Gasteiger partial charge on any atom is -0.381 e. The van der Waals surface area contributed by atoms with E-state index in [1.807, 2.05) is 11.1 Å². The third-order valence-corrected chi connectivity index (χ3v) is 5.52. The molecule has 0 aliphatic carbocycles. The molecule has 0 spiro atoms. The second kappa shape index (κ2) is 8.18. The van der Waals surface area contributed by atoms with E-state index in [0.29, 0.717) is 38.0 Å². The SMILES string of the molecule is O=C(CC1CCOCC1)N1CCOC[C@@H](Cc2ccc3[nH]ncc3c2)C1. The molecule has 1 N–H and O–H groups in total. The van der Waals surface area contributed by atoms with Crippen LogP contribution in [0.1, 0.15) is 24.8 Å². The van der Waals surface area contributed by atoms with Crippen LogP contribution in [0.2, 0.25) is 0 Å². The minimum absolute atomic E-state index is 0.276. The number of carbonyl (C=O) groups excluding carboxylic acids is 1. The summed E-state index contributed by atoms with van der Waals surface area (Å²) in [5, 5.41) is 8.20. The lowest BCUT2D eigenvalue weighted by Crippen LogP contribution is -2.37. The third kappa shape index (κ3) is 4.24. The highest BCUT2D eigenvalue weighted by Gasteiger charge is 2.25. The Kier molecular flexibility index (Phi) is 5.51. The first-order valence-corrected chi connectivity index (χ1v) is 9.63. The monoisotopic (exact) mass is 357 g/mol. The van der Waals surface area contributed by atoms with Gasteiger partial charge in [0.1, 0.15) is 0 Å². The van der Waals surface area contributed by atoms with Gasteiger partial charge in [0.05, 0.1) is 24.9 Å². The average molecular weight is 357 g/mol. The third-order valence-electron chi connectivity index (χ3n) is 5.52. The summed E-state index contributed by atoms with van der Waals surface area (Å²) in [5.74, 6) is 1.08. The van der Waals surface area contributed by atoms with E-state index < -0.39 is 0 Å². The second-order valence-corrected chi connectivity index (χ2v) is 7.54. The highest BCUT2D eigenvalue weighted by atomic mass is 16.5. The zero-order valence-electron chi connectivity index (χ0n) is 15.2. The van der Waals surface area contributed by atoms with Gasteiger partial charge in [-0.15, -0.1) is 0 Å². The number of nitrogens with one attached hydrogen (secondary N) is 1. The number of benzene rings is 1. The van der Waals surface area contributed by atoms with Crippen molar-refractivity contribution in [2.45, 2.75) is 25.7 Å². The van der Waals surface area contributed by atoms with Crippen molar-refractivity contribution in [1.29, 1.82) is 0 Å². The molecule has 4 rings (SSSR count). The fourth-order valence-corrected chi connectivity index (χ4v) is 4.01. The molecule has 2 aliphatic heterocycles. The molecule has 2 fully saturated rings. The van der Waals surface area contributed by atoms with Gasteiger partial charge in [-0.2, -0.15) is 5.10 Å². The van der Waals surface area contributed by atoms with Crippen LogP contribution in [-0.2, 0) is 20.7 Å². The van der Waals surface area contributed by atoms with Crippen LogP contribution in [0, 0.1) is 11.8 Å². The Hall–Kier alpha value is -1.92. The van der Waals surface area contributed by atoms with E-state index in [1.54, 1.807) is 0 Å². The molecule has 1 atom stereocenters. The maximum Gasteiger partial charge on any atom is 0.222 e. The molecule has 1 amide bonds. The van der Waals surface area contributed by atoms with Crippen LogP contribution in [0.3, 0.4) is 0 Å². The number of rotatable bonds is 4. The van der Waals surface area contributed by atoms with Gasteiger partial charge in [-0.25, -0.2) is 0 Å². The topological polar surface area (TPSA) is 67.4 Å². The van der Waals surface area contributed by atoms with Gasteiger partial charge in [0, 0.05) is 44.0 Å². The van der Waals surface area contributed by atoms with Crippen molar-refractivity contribution in [2.24, 2.45) is 11.8 Å². The van der Waals surface area contributed by atoms with Crippen LogP contribution in [0.5, 0.6) is 0 Å². The van der Waals surface area contributed by atoms with Gasteiger partial charge >= 0.3 is 0 Å². The molecular weight excluding hydrogens is 330 g/mol. The Morgan fingerprint density at radius 3 is 2.96 bits per heavy atom. The first-order chi connectivity index (χ1) is 12.8. The highest BCUT2D eigenvalue weighted by molar-refractivity contribution is 5.78. The van der Waals surface area contributed by atoms with Crippen LogP contribution in [0.4, 0.5) is 0 Å². The number of fused-ring (bicyclic) bond motifs is 1. The summed E-state index contributed by atoms with van der Waals surface area (Å²) in [6.07, 6.45) is 5.43. The first kappa shape index (κ1) is 17.5. The van der Waals surface area contributed by atoms with Gasteiger partial charge < -0.3 is 14.4 Å². The van der Waals surface area contributed by atoms with E-state index in [9.17, 15) is 4.79 Å². The van der Waals surface area contributed by atoms with E-state index in [1.165, 1.54) is 5.56 Å². The average Bonchev–Trinajstić information content (AvgIpc) is 3.00. The molecule has 140 valence electrons. The number of aromatic amines is 1. The fourth-order valence-electron chi connectivity index (χ4n) is 4.01. The van der Waals surface area contributed by atoms with Crippen molar-refractivity contribution < 1.29 is 14.3 Å². The molecule has 0 saturated carbocycles. The molecule has 2 aliphatic rings. The Balaban J connectivity index is 1.37. The largest absolute Gasteiger partial charge is 0.381 e. The maximum atomic E-state index is 12.8. The maximum absolute atomic E-state index is 12.8. The van der Waals surface area contributed by atoms with E-state index in [0.717, 1.165) is 49.9 Å². The predicted molar refractivity (Wildman–Crippen MR) is 98.8 cm³/mol. The van der Waals surface area contributed by atoms with E-state index in [4.69, 9.17) is 9.47 Å². The first-order valence-electron chi connectivity index (χ1n) is 9.63. The van der Waals surface area contributed by atoms with E-state index >= 15 is 0 Å². The van der Waals surface area contributed by atoms with Gasteiger partial charge in [-0.05, 0) is 42.9 Å². The predicted octanol–water partition coefficient (Wildman–Crippen LogP) is 2.40. The minimum atomic E-state index is 0.276. The fraction of sp³-hybridized carbons (Fsp3) is 0.600. The van der Waals surface area contributed by atoms with Gasteiger partial charge in [0.25, 0.3) is 0 Å². The molecule has 0 radical (unpaired) electrons. The Morgan fingerprint density at radius 1 is 1.19 bits per heavy atom. The number of H-pyrrole nitrogens is 1. The van der Waals surface area contributed by atoms with Crippen molar-refractivity contribution in [3.8, 4) is 0 Å². The summed E-state index contributed by atoms with van der Waals surface area (Å²) in [6, 6.07) is 6.39. The van der Waals surface area contributed by atoms with E-state index in [2.05, 4.69) is 28.4 Å². The van der Waals surface area contributed by atoms with Crippen LogP contribution >= 0.6 is 0 Å². The number of aromatic nitrogens is 2. The summed E-state index contributed by atoms with van der Waals surface area (Å²) in [6.45, 7) is 4.42. The van der Waals surface area contributed by atoms with E-state index in [-0.39, 0.29) is 5.91 Å². The summed E-state index contributed by atoms with van der Waals surface area (Å²) < 4.78 is 11.2. The lowest BCUT2D eigenvalue weighted by molar-refractivity contribution is -0.133. The van der Waals surface area contributed by atoms with Crippen LogP contribution in [0.25, 0.3) is 10.9 Å². The standard InChI is InChI=1S/C20H27N3O3/c24-20(11-15-3-6-25-7-4-15)23-5-8-26-14-17(13-23)9-16-1-2-19-18(10-16)12-21-22-19/h1-2,10,12,15,17H,3-9,11,13-14H2,(H,21,22)/t17-/m0/s1. The second-order valence-electron chi connectivity index (χ2n) is 7.54. The summed E-state index contributed by atoms with van der Waals surface area (Å²) in [5.41, 5.74) is 2.32. The highest BCUT2D eigenvalue weighted by Crippen LogP contribution is 2.22. The van der Waals surface area contributed by atoms with Gasteiger partial charge in [-0.3, -0.25) is 9.89 Å².